The number of hydrogen-bond acceptors (Lipinski definition) is 2. The summed E-state index contributed by atoms with van der Waals surface area (Å²) < 4.78 is 0. The largest absolute Gasteiger partial charge is 0.389 e. The number of aliphatic hydroxyl groups is 2. The lowest BCUT2D eigenvalue weighted by molar-refractivity contribution is 0.210. The summed E-state index contributed by atoms with van der Waals surface area (Å²) in [6.45, 7) is 3.53. The molecule has 0 aromatic carbocycles. The maximum atomic E-state index is 9.27. The molecule has 0 aliphatic carbocycles. The molecule has 2 nitrogen and oxygen atoms in total. The Morgan fingerprint density at radius 2 is 1.78 bits per heavy atom. The van der Waals surface area contributed by atoms with Crippen molar-refractivity contribution in [3.05, 3.63) is 49.1 Å². The number of hydrogen-bond donors (Lipinski definition) is 2. The second kappa shape index (κ2) is 16.4. The zero-order chi connectivity index (χ0) is 17.2. The van der Waals surface area contributed by atoms with E-state index in [9.17, 15) is 5.11 Å². The molecule has 0 saturated heterocycles. The fourth-order valence-electron chi connectivity index (χ4n) is 1.73. The third kappa shape index (κ3) is 16.2. The first-order chi connectivity index (χ1) is 11.2. The Morgan fingerprint density at radius 3 is 2.48 bits per heavy atom. The number of rotatable bonds is 11. The van der Waals surface area contributed by atoms with Crippen LogP contribution in [0.2, 0.25) is 0 Å². The van der Waals surface area contributed by atoms with E-state index in [1.165, 1.54) is 0 Å². The Kier molecular flexibility index (Phi) is 14.9. The predicted octanol–water partition coefficient (Wildman–Crippen LogP) is 3.93. The van der Waals surface area contributed by atoms with Gasteiger partial charge in [-0.2, -0.15) is 0 Å². The fraction of sp³-hybridized carbons (Fsp3) is 0.429. The first kappa shape index (κ1) is 21.0. The van der Waals surface area contributed by atoms with Crippen LogP contribution in [0.4, 0.5) is 0 Å². The van der Waals surface area contributed by atoms with Gasteiger partial charge >= 0.3 is 0 Å². The number of allylic oxidation sites excluding steroid dienone is 5. The predicted molar refractivity (Wildman–Crippen MR) is 98.6 cm³/mol. The van der Waals surface area contributed by atoms with Crippen LogP contribution in [0.1, 0.15) is 44.9 Å². The van der Waals surface area contributed by atoms with Crippen molar-refractivity contribution in [2.45, 2.75) is 57.2 Å². The van der Waals surface area contributed by atoms with Crippen molar-refractivity contribution in [2.75, 3.05) is 0 Å². The molecule has 2 heteroatoms. The molecule has 0 rings (SSSR count). The minimum Gasteiger partial charge on any atom is -0.389 e. The smallest absolute Gasteiger partial charge is 0.133 e. The van der Waals surface area contributed by atoms with E-state index in [-0.39, 0.29) is 0 Å². The molecular formula is C21H28O2. The van der Waals surface area contributed by atoms with Crippen molar-refractivity contribution in [2.24, 2.45) is 0 Å². The summed E-state index contributed by atoms with van der Waals surface area (Å²) >= 11 is 0. The zero-order valence-corrected chi connectivity index (χ0v) is 13.8. The summed E-state index contributed by atoms with van der Waals surface area (Å²) in [5.41, 5.74) is 0. The quantitative estimate of drug-likeness (QED) is 0.263. The van der Waals surface area contributed by atoms with Crippen molar-refractivity contribution in [1.82, 2.24) is 0 Å². The van der Waals surface area contributed by atoms with Crippen LogP contribution in [0.3, 0.4) is 0 Å². The normalized spacial score (nSPS) is 13.8. The van der Waals surface area contributed by atoms with E-state index >= 15 is 0 Å². The van der Waals surface area contributed by atoms with Crippen LogP contribution >= 0.6 is 0 Å². The molecule has 2 N–H and O–H groups in total. The molecule has 0 aliphatic rings. The molecule has 0 aromatic heterocycles. The van der Waals surface area contributed by atoms with E-state index in [1.54, 1.807) is 12.2 Å². The first-order valence-electron chi connectivity index (χ1n) is 8.12. The fourth-order valence-corrected chi connectivity index (χ4v) is 1.73. The average Bonchev–Trinajstić information content (AvgIpc) is 2.57. The molecule has 2 unspecified atom stereocenters. The van der Waals surface area contributed by atoms with Gasteiger partial charge in [0.15, 0.2) is 0 Å². The van der Waals surface area contributed by atoms with Gasteiger partial charge < -0.3 is 10.2 Å². The second-order valence-corrected chi connectivity index (χ2v) is 5.13. The lowest BCUT2D eigenvalue weighted by Crippen LogP contribution is -1.99. The number of terminal acetylenes is 1. The van der Waals surface area contributed by atoms with Crippen molar-refractivity contribution in [3.63, 3.8) is 0 Å². The number of aliphatic hydroxyl groups excluding tert-OH is 2. The minimum absolute atomic E-state index is 0.409. The van der Waals surface area contributed by atoms with Crippen molar-refractivity contribution >= 4 is 0 Å². The van der Waals surface area contributed by atoms with Gasteiger partial charge in [0.05, 0.1) is 6.10 Å². The molecular weight excluding hydrogens is 284 g/mol. The Labute approximate surface area is 141 Å². The molecule has 0 heterocycles. The highest BCUT2D eigenvalue weighted by Crippen LogP contribution is 2.02. The van der Waals surface area contributed by atoms with E-state index in [1.807, 2.05) is 24.3 Å². The highest BCUT2D eigenvalue weighted by molar-refractivity contribution is 5.19. The van der Waals surface area contributed by atoms with Gasteiger partial charge in [-0.05, 0) is 50.7 Å². The van der Waals surface area contributed by atoms with Crippen molar-refractivity contribution < 1.29 is 10.2 Å². The van der Waals surface area contributed by atoms with Gasteiger partial charge in [0.2, 0.25) is 0 Å². The summed E-state index contributed by atoms with van der Waals surface area (Å²) in [5, 5.41) is 18.4. The molecule has 124 valence electrons. The molecule has 0 saturated carbocycles. The lowest BCUT2D eigenvalue weighted by Gasteiger charge is -2.00. The molecule has 0 radical (unpaired) electrons. The third-order valence-electron chi connectivity index (χ3n) is 3.08. The molecule has 23 heavy (non-hydrogen) atoms. The Morgan fingerprint density at radius 1 is 1.04 bits per heavy atom. The van der Waals surface area contributed by atoms with Crippen LogP contribution < -0.4 is 0 Å². The monoisotopic (exact) mass is 312 g/mol. The Balaban J connectivity index is 3.55. The van der Waals surface area contributed by atoms with Gasteiger partial charge in [-0.1, -0.05) is 48.1 Å². The van der Waals surface area contributed by atoms with E-state index < -0.39 is 12.2 Å². The lowest BCUT2D eigenvalue weighted by atomic mass is 10.1. The van der Waals surface area contributed by atoms with Crippen LogP contribution in [0.5, 0.6) is 0 Å². The van der Waals surface area contributed by atoms with Gasteiger partial charge in [0.1, 0.15) is 6.10 Å². The van der Waals surface area contributed by atoms with Gasteiger partial charge in [-0.3, -0.25) is 0 Å². The standard InChI is InChI=1S/C21H28O2/c1-3-20(22)18-16-14-12-10-8-6-5-7-9-11-13-15-17-19-21(23)4-2/h1,4-7,9,16,18,20-23H,2,8,10,12,14-15,17,19H2. The molecule has 0 aromatic rings. The van der Waals surface area contributed by atoms with Crippen LogP contribution in [0.25, 0.3) is 0 Å². The number of unbranched alkanes of at least 4 members (excludes halogenated alkanes) is 4. The second-order valence-electron chi connectivity index (χ2n) is 5.13. The molecule has 0 spiro atoms. The van der Waals surface area contributed by atoms with E-state index in [2.05, 4.69) is 30.4 Å². The molecule has 0 fully saturated rings. The summed E-state index contributed by atoms with van der Waals surface area (Å²) in [7, 11) is 0. The van der Waals surface area contributed by atoms with Crippen LogP contribution in [-0.4, -0.2) is 22.4 Å². The van der Waals surface area contributed by atoms with Crippen LogP contribution in [0.15, 0.2) is 49.1 Å². The van der Waals surface area contributed by atoms with Gasteiger partial charge in [0, 0.05) is 6.42 Å². The highest BCUT2D eigenvalue weighted by atomic mass is 16.3. The van der Waals surface area contributed by atoms with E-state index in [0.29, 0.717) is 0 Å². The van der Waals surface area contributed by atoms with E-state index in [0.717, 1.165) is 44.9 Å². The van der Waals surface area contributed by atoms with Gasteiger partial charge in [-0.15, -0.1) is 13.0 Å². The molecule has 0 bridgehead atoms. The molecule has 0 aliphatic heterocycles. The summed E-state index contributed by atoms with van der Waals surface area (Å²) in [6.07, 6.45) is 23.5. The average molecular weight is 312 g/mol. The Bertz CT molecular complexity index is 480. The minimum atomic E-state index is -0.756. The maximum Gasteiger partial charge on any atom is 0.133 e. The summed E-state index contributed by atoms with van der Waals surface area (Å²) in [4.78, 5) is 0. The zero-order valence-electron chi connectivity index (χ0n) is 13.8. The SMILES string of the molecule is C#CC(O)C=CCCCCC=CC=CC#CCCCC(O)C=C. The van der Waals surface area contributed by atoms with Gasteiger partial charge in [-0.25, -0.2) is 0 Å². The van der Waals surface area contributed by atoms with Gasteiger partial charge in [0.25, 0.3) is 0 Å². The Hall–Kier alpha value is -2.00. The van der Waals surface area contributed by atoms with Crippen LogP contribution in [0, 0.1) is 24.2 Å². The topological polar surface area (TPSA) is 40.5 Å². The van der Waals surface area contributed by atoms with E-state index in [4.69, 9.17) is 11.5 Å². The summed E-state index contributed by atoms with van der Waals surface area (Å²) in [6, 6.07) is 0. The third-order valence-corrected chi connectivity index (χ3v) is 3.08. The summed E-state index contributed by atoms with van der Waals surface area (Å²) in [5.74, 6) is 8.26. The molecule has 2 atom stereocenters. The maximum absolute atomic E-state index is 9.27. The highest BCUT2D eigenvalue weighted by Gasteiger charge is 1.94. The van der Waals surface area contributed by atoms with Crippen molar-refractivity contribution in [3.8, 4) is 24.2 Å². The molecule has 0 amide bonds. The van der Waals surface area contributed by atoms with Crippen LogP contribution in [-0.2, 0) is 0 Å². The first-order valence-corrected chi connectivity index (χ1v) is 8.12. The van der Waals surface area contributed by atoms with Crippen molar-refractivity contribution in [1.29, 1.82) is 0 Å².